The molecule has 0 spiro atoms. The molecule has 0 N–H and O–H groups in total. The van der Waals surface area contributed by atoms with Crippen LogP contribution < -0.4 is 0 Å². The van der Waals surface area contributed by atoms with Crippen LogP contribution >= 0.6 is 10.3 Å². The van der Waals surface area contributed by atoms with Gasteiger partial charge >= 0.3 is 15.6 Å². The first kappa shape index (κ1) is 25.3. The third kappa shape index (κ3) is 5.80. The first-order valence-electron chi connectivity index (χ1n) is 10.8. The largest absolute Gasteiger partial charge is 0.524 e. The third-order valence-electron chi connectivity index (χ3n) is 5.20. The van der Waals surface area contributed by atoms with Gasteiger partial charge in [-0.15, -0.1) is 0 Å². The Kier molecular flexibility index (Phi) is 8.26. The molecule has 0 unspecified atom stereocenters. The smallest absolute Gasteiger partial charge is 0.200 e. The minimum atomic E-state index is -5.89. The Morgan fingerprint density at radius 2 is 1.18 bits per heavy atom. The molecule has 0 fully saturated rings. The summed E-state index contributed by atoms with van der Waals surface area (Å²) < 4.78 is 70.3. The number of rotatable bonds is 10. The van der Waals surface area contributed by atoms with E-state index in [-0.39, 0.29) is 0 Å². The zero-order chi connectivity index (χ0) is 24.0. The maximum atomic E-state index is 13.5. The van der Waals surface area contributed by atoms with Crippen molar-refractivity contribution in [2.45, 2.75) is 59.2 Å². The molecule has 0 aromatic heterocycles. The molecule has 0 saturated carbocycles. The fourth-order valence-electron chi connectivity index (χ4n) is 3.53. The molecule has 0 atom stereocenters. The summed E-state index contributed by atoms with van der Waals surface area (Å²) >= 11 is 0. The lowest BCUT2D eigenvalue weighted by atomic mass is 10.1. The van der Waals surface area contributed by atoms with Crippen LogP contribution in [-0.4, -0.2) is 13.9 Å². The predicted molar refractivity (Wildman–Crippen MR) is 126 cm³/mol. The normalized spacial score (nSPS) is 13.1. The molecule has 8 heteroatoms. The van der Waals surface area contributed by atoms with Gasteiger partial charge in [-0.05, 0) is 65.1 Å². The van der Waals surface area contributed by atoms with Crippen LogP contribution in [0.1, 0.15) is 38.2 Å². The van der Waals surface area contributed by atoms with Crippen molar-refractivity contribution in [2.75, 3.05) is 0 Å². The van der Waals surface area contributed by atoms with Gasteiger partial charge in [-0.2, -0.15) is 25.2 Å². The van der Waals surface area contributed by atoms with E-state index in [0.717, 1.165) is 37.7 Å². The molecule has 0 heterocycles. The molecule has 0 aliphatic rings. The average Bonchev–Trinajstić information content (AvgIpc) is 2.81. The number of unbranched alkanes of at least 4 members (excludes halogenated alkanes) is 3. The summed E-state index contributed by atoms with van der Waals surface area (Å²) in [5, 5.41) is 0. The van der Waals surface area contributed by atoms with Crippen molar-refractivity contribution in [1.29, 1.82) is 0 Å². The van der Waals surface area contributed by atoms with E-state index < -0.39 is 25.9 Å². The summed E-state index contributed by atoms with van der Waals surface area (Å²) in [4.78, 5) is 1.10. The van der Waals surface area contributed by atoms with Crippen LogP contribution in [0, 0.1) is 0 Å². The molecular weight excluding hydrogens is 469 g/mol. The van der Waals surface area contributed by atoms with E-state index in [2.05, 4.69) is 6.92 Å². The summed E-state index contributed by atoms with van der Waals surface area (Å²) in [5.74, 6) is 0. The van der Waals surface area contributed by atoms with Crippen molar-refractivity contribution in [1.82, 2.24) is 0 Å². The first-order chi connectivity index (χ1) is 15.7. The Labute approximate surface area is 195 Å². The SMILES string of the molecule is CCCCCCc1ccc(S(OS(=O)(=O)C(F)(F)F)(c2ccccc2)c2ccccc2)cc1. The topological polar surface area (TPSA) is 43.4 Å². The number of hydrogen-bond acceptors (Lipinski definition) is 3. The molecule has 0 aliphatic carbocycles. The van der Waals surface area contributed by atoms with Crippen LogP contribution in [0.2, 0.25) is 0 Å². The van der Waals surface area contributed by atoms with E-state index in [0.29, 0.717) is 14.7 Å². The van der Waals surface area contributed by atoms with E-state index in [4.69, 9.17) is 3.63 Å². The van der Waals surface area contributed by atoms with Crippen LogP contribution in [-0.2, 0) is 20.2 Å². The van der Waals surface area contributed by atoms with Crippen molar-refractivity contribution < 1.29 is 25.2 Å². The Morgan fingerprint density at radius 3 is 1.64 bits per heavy atom. The second-order valence-corrected chi connectivity index (χ2v) is 12.0. The maximum absolute atomic E-state index is 13.5. The van der Waals surface area contributed by atoms with Crippen molar-refractivity contribution >= 4 is 20.4 Å². The molecule has 3 aromatic carbocycles. The Bertz CT molecular complexity index is 1080. The number of hydrogen-bond donors (Lipinski definition) is 0. The van der Waals surface area contributed by atoms with Gasteiger partial charge in [0.25, 0.3) is 0 Å². The van der Waals surface area contributed by atoms with Crippen molar-refractivity contribution in [3.63, 3.8) is 0 Å². The van der Waals surface area contributed by atoms with Crippen LogP contribution in [0.3, 0.4) is 0 Å². The molecule has 3 rings (SSSR count). The lowest BCUT2D eigenvalue weighted by Crippen LogP contribution is -2.27. The monoisotopic (exact) mass is 496 g/mol. The minimum Gasteiger partial charge on any atom is -0.200 e. The standard InChI is InChI=1S/C25H27F3O3S2/c1-2-3-4-7-12-21-17-19-24(20-18-21)32(22-13-8-5-9-14-22,23-15-10-6-11-16-23)31-33(29,30)25(26,27)28/h5-6,8-11,13-20H,2-4,7,12H2,1H3. The van der Waals surface area contributed by atoms with Gasteiger partial charge in [0.15, 0.2) is 0 Å². The average molecular weight is 497 g/mol. The lowest BCUT2D eigenvalue weighted by molar-refractivity contribution is -0.0496. The highest BCUT2D eigenvalue weighted by atomic mass is 32.3. The lowest BCUT2D eigenvalue weighted by Gasteiger charge is -2.39. The van der Waals surface area contributed by atoms with E-state index >= 15 is 0 Å². The first-order valence-corrected chi connectivity index (χ1v) is 13.7. The van der Waals surface area contributed by atoms with Gasteiger partial charge < -0.3 is 0 Å². The van der Waals surface area contributed by atoms with Gasteiger partial charge in [0, 0.05) is 14.7 Å². The van der Waals surface area contributed by atoms with Crippen molar-refractivity contribution in [3.05, 3.63) is 90.5 Å². The third-order valence-corrected chi connectivity index (χ3v) is 10.1. The number of alkyl halides is 3. The van der Waals surface area contributed by atoms with Gasteiger partial charge in [-0.25, -0.2) is 0 Å². The van der Waals surface area contributed by atoms with Crippen molar-refractivity contribution in [2.24, 2.45) is 0 Å². The van der Waals surface area contributed by atoms with E-state index in [1.165, 1.54) is 0 Å². The van der Waals surface area contributed by atoms with Crippen molar-refractivity contribution in [3.8, 4) is 0 Å². The van der Waals surface area contributed by atoms with E-state index in [1.54, 1.807) is 72.8 Å². The molecule has 0 amide bonds. The zero-order valence-corrected chi connectivity index (χ0v) is 19.9. The predicted octanol–water partition coefficient (Wildman–Crippen LogP) is 7.87. The maximum Gasteiger partial charge on any atom is 0.524 e. The Balaban J connectivity index is 2.16. The van der Waals surface area contributed by atoms with Gasteiger partial charge in [0.1, 0.15) is 0 Å². The second-order valence-electron chi connectivity index (χ2n) is 7.60. The minimum absolute atomic E-state index is 0.361. The molecule has 178 valence electrons. The van der Waals surface area contributed by atoms with Crippen LogP contribution in [0.4, 0.5) is 13.2 Å². The highest BCUT2D eigenvalue weighted by molar-refractivity contribution is 8.33. The number of benzene rings is 3. The molecule has 3 aromatic rings. The van der Waals surface area contributed by atoms with Gasteiger partial charge in [0.05, 0.1) is 0 Å². The molecule has 3 nitrogen and oxygen atoms in total. The highest BCUT2D eigenvalue weighted by Gasteiger charge is 2.52. The van der Waals surface area contributed by atoms with Crippen LogP contribution in [0.25, 0.3) is 0 Å². The van der Waals surface area contributed by atoms with Gasteiger partial charge in [0.2, 0.25) is 0 Å². The van der Waals surface area contributed by atoms with E-state index in [9.17, 15) is 21.6 Å². The summed E-state index contributed by atoms with van der Waals surface area (Å²) in [5.41, 5.74) is -4.50. The fraction of sp³-hybridized carbons (Fsp3) is 0.280. The fourth-order valence-corrected chi connectivity index (χ4v) is 8.27. The molecule has 0 radical (unpaired) electrons. The molecule has 0 saturated heterocycles. The zero-order valence-electron chi connectivity index (χ0n) is 18.3. The van der Waals surface area contributed by atoms with Gasteiger partial charge in [-0.1, -0.05) is 74.7 Å². The van der Waals surface area contributed by atoms with E-state index in [1.807, 2.05) is 12.1 Å². The quantitative estimate of drug-likeness (QED) is 0.212. The molecule has 33 heavy (non-hydrogen) atoms. The summed E-state index contributed by atoms with van der Waals surface area (Å²) in [6.45, 7) is 2.14. The Morgan fingerprint density at radius 1 is 0.697 bits per heavy atom. The summed E-state index contributed by atoms with van der Waals surface area (Å²) in [6, 6.07) is 23.6. The Hall–Kier alpha value is -2.29. The molecule has 0 aliphatic heterocycles. The molecule has 0 bridgehead atoms. The second kappa shape index (κ2) is 10.8. The van der Waals surface area contributed by atoms with Crippen LogP contribution in [0.5, 0.6) is 0 Å². The summed E-state index contributed by atoms with van der Waals surface area (Å²) in [6.07, 6.45) is 5.25. The van der Waals surface area contributed by atoms with Crippen LogP contribution in [0.15, 0.2) is 99.6 Å². The highest BCUT2D eigenvalue weighted by Crippen LogP contribution is 2.70. The molecular formula is C25H27F3O3S2. The number of aryl methyl sites for hydroxylation is 1. The summed E-state index contributed by atoms with van der Waals surface area (Å²) in [7, 11) is -9.12. The van der Waals surface area contributed by atoms with Gasteiger partial charge in [-0.3, -0.25) is 0 Å². The number of halogens is 3.